The molecule has 0 bridgehead atoms. The van der Waals surface area contributed by atoms with Gasteiger partial charge in [0.25, 0.3) is 5.91 Å². The van der Waals surface area contributed by atoms with Crippen LogP contribution in [-0.4, -0.2) is 10.9 Å². The molecule has 1 aromatic carbocycles. The van der Waals surface area contributed by atoms with Crippen molar-refractivity contribution in [3.63, 3.8) is 0 Å². The minimum Gasteiger partial charge on any atom is -0.325 e. The summed E-state index contributed by atoms with van der Waals surface area (Å²) in [4.78, 5) is 16.1. The lowest BCUT2D eigenvalue weighted by atomic mass is 10.2. The van der Waals surface area contributed by atoms with Crippen LogP contribution in [-0.2, 0) is 6.54 Å². The summed E-state index contributed by atoms with van der Waals surface area (Å²) in [6.45, 7) is 2.32. The van der Waals surface area contributed by atoms with E-state index in [1.807, 2.05) is 25.1 Å². The van der Waals surface area contributed by atoms with Gasteiger partial charge >= 0.3 is 0 Å². The van der Waals surface area contributed by atoms with E-state index in [-0.39, 0.29) is 5.91 Å². The summed E-state index contributed by atoms with van der Waals surface area (Å²) >= 11 is 3.64. The van der Waals surface area contributed by atoms with Crippen LogP contribution < -0.4 is 11.1 Å². The number of thiazole rings is 1. The van der Waals surface area contributed by atoms with Crippen molar-refractivity contribution in [3.8, 4) is 0 Å². The SMILES string of the molecule is Cc1cc(I)ccc1NC(=O)c1csc(CN)n1. The molecule has 0 aliphatic heterocycles. The second-order valence-electron chi connectivity index (χ2n) is 3.74. The average molecular weight is 373 g/mol. The molecule has 0 radical (unpaired) electrons. The number of aryl methyl sites for hydroxylation is 1. The Bertz CT molecular complexity index is 582. The van der Waals surface area contributed by atoms with Crippen LogP contribution >= 0.6 is 33.9 Å². The summed E-state index contributed by atoms with van der Waals surface area (Å²) in [5, 5.41) is 5.34. The standard InChI is InChI=1S/C12H12IN3OS/c1-7-4-8(13)2-3-9(7)16-12(17)10-6-18-11(5-14)15-10/h2-4,6H,5,14H2,1H3,(H,16,17). The molecule has 0 spiro atoms. The normalized spacial score (nSPS) is 10.4. The lowest BCUT2D eigenvalue weighted by Crippen LogP contribution is -2.13. The predicted molar refractivity (Wildman–Crippen MR) is 81.9 cm³/mol. The summed E-state index contributed by atoms with van der Waals surface area (Å²) in [6, 6.07) is 5.86. The topological polar surface area (TPSA) is 68.0 Å². The van der Waals surface area contributed by atoms with E-state index in [2.05, 4.69) is 32.9 Å². The van der Waals surface area contributed by atoms with Crippen LogP contribution in [0.15, 0.2) is 23.6 Å². The third kappa shape index (κ3) is 3.06. The first-order valence-electron chi connectivity index (χ1n) is 5.32. The molecule has 2 rings (SSSR count). The second kappa shape index (κ2) is 5.77. The van der Waals surface area contributed by atoms with Crippen LogP contribution in [0, 0.1) is 10.5 Å². The molecule has 0 fully saturated rings. The van der Waals surface area contributed by atoms with Crippen LogP contribution in [0.25, 0.3) is 0 Å². The van der Waals surface area contributed by atoms with Gasteiger partial charge in [0.15, 0.2) is 0 Å². The average Bonchev–Trinajstić information content (AvgIpc) is 2.81. The molecular weight excluding hydrogens is 361 g/mol. The minimum absolute atomic E-state index is 0.199. The summed E-state index contributed by atoms with van der Waals surface area (Å²) < 4.78 is 1.14. The number of nitrogens with one attached hydrogen (secondary N) is 1. The molecule has 0 unspecified atom stereocenters. The lowest BCUT2D eigenvalue weighted by Gasteiger charge is -2.07. The van der Waals surface area contributed by atoms with Gasteiger partial charge < -0.3 is 11.1 Å². The molecule has 0 saturated carbocycles. The first-order chi connectivity index (χ1) is 8.60. The number of carbonyl (C=O) groups is 1. The third-order valence-electron chi connectivity index (χ3n) is 2.40. The summed E-state index contributed by atoms with van der Waals surface area (Å²) in [5.41, 5.74) is 7.73. The molecule has 6 heteroatoms. The molecule has 0 saturated heterocycles. The van der Waals surface area contributed by atoms with E-state index in [1.54, 1.807) is 5.38 Å². The number of hydrogen-bond donors (Lipinski definition) is 2. The lowest BCUT2D eigenvalue weighted by molar-refractivity contribution is 0.102. The van der Waals surface area contributed by atoms with Crippen molar-refractivity contribution in [1.82, 2.24) is 4.98 Å². The van der Waals surface area contributed by atoms with Crippen molar-refractivity contribution in [2.24, 2.45) is 5.73 Å². The van der Waals surface area contributed by atoms with Gasteiger partial charge in [-0.15, -0.1) is 11.3 Å². The largest absolute Gasteiger partial charge is 0.325 e. The Hall–Kier alpha value is -0.990. The van der Waals surface area contributed by atoms with Gasteiger partial charge in [-0.05, 0) is 53.3 Å². The zero-order valence-corrected chi connectivity index (χ0v) is 12.7. The summed E-state index contributed by atoms with van der Waals surface area (Å²) in [7, 11) is 0. The highest BCUT2D eigenvalue weighted by atomic mass is 127. The van der Waals surface area contributed by atoms with Crippen LogP contribution in [0.1, 0.15) is 21.1 Å². The molecule has 1 aromatic heterocycles. The van der Waals surface area contributed by atoms with E-state index >= 15 is 0 Å². The van der Waals surface area contributed by atoms with Crippen LogP contribution in [0.3, 0.4) is 0 Å². The number of benzene rings is 1. The van der Waals surface area contributed by atoms with E-state index in [0.717, 1.165) is 19.8 Å². The zero-order chi connectivity index (χ0) is 13.1. The predicted octanol–water partition coefficient (Wildman–Crippen LogP) is 2.77. The Morgan fingerprint density at radius 1 is 1.56 bits per heavy atom. The fourth-order valence-corrected chi connectivity index (χ4v) is 2.76. The molecular formula is C12H12IN3OS. The Morgan fingerprint density at radius 3 is 2.94 bits per heavy atom. The molecule has 1 heterocycles. The van der Waals surface area contributed by atoms with E-state index in [4.69, 9.17) is 5.73 Å². The monoisotopic (exact) mass is 373 g/mol. The fraction of sp³-hybridized carbons (Fsp3) is 0.167. The van der Waals surface area contributed by atoms with Crippen LogP contribution in [0.4, 0.5) is 5.69 Å². The van der Waals surface area contributed by atoms with Crippen molar-refractivity contribution in [2.75, 3.05) is 5.32 Å². The van der Waals surface area contributed by atoms with Crippen molar-refractivity contribution in [2.45, 2.75) is 13.5 Å². The van der Waals surface area contributed by atoms with Gasteiger partial charge in [-0.3, -0.25) is 4.79 Å². The van der Waals surface area contributed by atoms with Crippen molar-refractivity contribution >= 4 is 45.5 Å². The maximum Gasteiger partial charge on any atom is 0.275 e. The quantitative estimate of drug-likeness (QED) is 0.814. The number of nitrogens with zero attached hydrogens (tertiary/aromatic N) is 1. The molecule has 18 heavy (non-hydrogen) atoms. The third-order valence-corrected chi connectivity index (χ3v) is 3.94. The van der Waals surface area contributed by atoms with E-state index in [9.17, 15) is 4.79 Å². The molecule has 94 valence electrons. The van der Waals surface area contributed by atoms with Gasteiger partial charge in [-0.1, -0.05) is 0 Å². The number of carbonyl (C=O) groups excluding carboxylic acids is 1. The minimum atomic E-state index is -0.199. The van der Waals surface area contributed by atoms with Gasteiger partial charge in [0, 0.05) is 21.2 Å². The Kier molecular flexibility index (Phi) is 4.31. The molecule has 3 N–H and O–H groups in total. The first-order valence-corrected chi connectivity index (χ1v) is 7.28. The second-order valence-corrected chi connectivity index (χ2v) is 5.93. The van der Waals surface area contributed by atoms with Crippen LogP contribution in [0.2, 0.25) is 0 Å². The van der Waals surface area contributed by atoms with E-state index in [0.29, 0.717) is 12.2 Å². The number of hydrogen-bond acceptors (Lipinski definition) is 4. The highest BCUT2D eigenvalue weighted by Crippen LogP contribution is 2.19. The Labute approximate surface area is 123 Å². The van der Waals surface area contributed by atoms with Crippen molar-refractivity contribution in [3.05, 3.63) is 43.4 Å². The number of amides is 1. The van der Waals surface area contributed by atoms with Gasteiger partial charge in [0.1, 0.15) is 10.7 Å². The molecule has 0 aliphatic rings. The van der Waals surface area contributed by atoms with Crippen molar-refractivity contribution < 1.29 is 4.79 Å². The Balaban J connectivity index is 2.16. The highest BCUT2D eigenvalue weighted by molar-refractivity contribution is 14.1. The molecule has 1 amide bonds. The summed E-state index contributed by atoms with van der Waals surface area (Å²) in [6.07, 6.45) is 0. The summed E-state index contributed by atoms with van der Waals surface area (Å²) in [5.74, 6) is -0.199. The van der Waals surface area contributed by atoms with Gasteiger partial charge in [-0.25, -0.2) is 4.98 Å². The smallest absolute Gasteiger partial charge is 0.275 e. The maximum atomic E-state index is 12.0. The van der Waals surface area contributed by atoms with Crippen LogP contribution in [0.5, 0.6) is 0 Å². The number of nitrogens with two attached hydrogens (primary N) is 1. The molecule has 0 aliphatic carbocycles. The molecule has 2 aromatic rings. The van der Waals surface area contributed by atoms with E-state index in [1.165, 1.54) is 11.3 Å². The molecule has 0 atom stereocenters. The van der Waals surface area contributed by atoms with Gasteiger partial charge in [0.2, 0.25) is 0 Å². The fourth-order valence-electron chi connectivity index (χ4n) is 1.46. The maximum absolute atomic E-state index is 12.0. The van der Waals surface area contributed by atoms with Gasteiger partial charge in [-0.2, -0.15) is 0 Å². The molecule has 4 nitrogen and oxygen atoms in total. The number of aromatic nitrogens is 1. The van der Waals surface area contributed by atoms with Gasteiger partial charge in [0.05, 0.1) is 0 Å². The number of halogens is 1. The first kappa shape index (κ1) is 13.4. The van der Waals surface area contributed by atoms with Crippen molar-refractivity contribution in [1.29, 1.82) is 0 Å². The highest BCUT2D eigenvalue weighted by Gasteiger charge is 2.11. The van der Waals surface area contributed by atoms with E-state index < -0.39 is 0 Å². The number of anilines is 1. The Morgan fingerprint density at radius 2 is 2.33 bits per heavy atom. The number of rotatable bonds is 3. The zero-order valence-electron chi connectivity index (χ0n) is 9.74.